The molecule has 0 aromatic heterocycles. The van der Waals surface area contributed by atoms with Crippen molar-refractivity contribution < 1.29 is 4.74 Å². The number of rotatable bonds is 4. The van der Waals surface area contributed by atoms with Crippen molar-refractivity contribution in [3.63, 3.8) is 0 Å². The third kappa shape index (κ3) is 3.63. The van der Waals surface area contributed by atoms with Crippen molar-refractivity contribution >= 4 is 40.4 Å². The van der Waals surface area contributed by atoms with Gasteiger partial charge in [-0.1, -0.05) is 53.6 Å². The van der Waals surface area contributed by atoms with Crippen molar-refractivity contribution in [3.8, 4) is 5.75 Å². The van der Waals surface area contributed by atoms with Crippen molar-refractivity contribution in [1.29, 1.82) is 0 Å². The molecule has 0 heterocycles. The van der Waals surface area contributed by atoms with Gasteiger partial charge in [-0.05, 0) is 36.2 Å². The van der Waals surface area contributed by atoms with Crippen LogP contribution in [-0.4, -0.2) is 4.99 Å². The summed E-state index contributed by atoms with van der Waals surface area (Å²) in [5.41, 5.74) is 8.37. The molecule has 0 fully saturated rings. The molecule has 5 heteroatoms. The molecule has 0 atom stereocenters. The number of hydrogen-bond donors (Lipinski definition) is 1. The molecule has 0 saturated carbocycles. The highest BCUT2D eigenvalue weighted by molar-refractivity contribution is 7.80. The molecule has 0 aliphatic carbocycles. The summed E-state index contributed by atoms with van der Waals surface area (Å²) in [4.78, 5) is 0.351. The SMILES string of the molecule is Cc1ccc(C(N)=S)cc1OCc1ccc(Cl)c(Cl)c1. The van der Waals surface area contributed by atoms with E-state index in [9.17, 15) is 0 Å². The highest BCUT2D eigenvalue weighted by Gasteiger charge is 2.05. The zero-order chi connectivity index (χ0) is 14.7. The van der Waals surface area contributed by atoms with Crippen LogP contribution in [0, 0.1) is 6.92 Å². The van der Waals surface area contributed by atoms with Crippen LogP contribution in [-0.2, 0) is 6.61 Å². The Morgan fingerprint density at radius 1 is 1.15 bits per heavy atom. The van der Waals surface area contributed by atoms with Gasteiger partial charge in [0.05, 0.1) is 10.0 Å². The van der Waals surface area contributed by atoms with E-state index in [2.05, 4.69) is 0 Å². The van der Waals surface area contributed by atoms with Gasteiger partial charge in [-0.25, -0.2) is 0 Å². The zero-order valence-corrected chi connectivity index (χ0v) is 13.1. The molecule has 2 rings (SSSR count). The fourth-order valence-corrected chi connectivity index (χ4v) is 2.15. The van der Waals surface area contributed by atoms with Gasteiger partial charge in [-0.3, -0.25) is 0 Å². The van der Waals surface area contributed by atoms with Gasteiger partial charge in [0.1, 0.15) is 17.3 Å². The molecule has 104 valence electrons. The molecule has 0 aliphatic heterocycles. The van der Waals surface area contributed by atoms with Gasteiger partial charge in [-0.2, -0.15) is 0 Å². The predicted molar refractivity (Wildman–Crippen MR) is 87.9 cm³/mol. The van der Waals surface area contributed by atoms with E-state index < -0.39 is 0 Å². The molecule has 2 aromatic carbocycles. The first-order valence-corrected chi connectivity index (χ1v) is 7.11. The van der Waals surface area contributed by atoms with Gasteiger partial charge >= 0.3 is 0 Å². The van der Waals surface area contributed by atoms with Gasteiger partial charge in [0.15, 0.2) is 0 Å². The minimum atomic E-state index is 0.351. The largest absolute Gasteiger partial charge is 0.489 e. The Bertz CT molecular complexity index is 658. The van der Waals surface area contributed by atoms with E-state index in [0.29, 0.717) is 21.6 Å². The highest BCUT2D eigenvalue weighted by Crippen LogP contribution is 2.25. The fraction of sp³-hybridized carbons (Fsp3) is 0.133. The lowest BCUT2D eigenvalue weighted by atomic mass is 10.1. The first-order valence-electron chi connectivity index (χ1n) is 5.94. The summed E-state index contributed by atoms with van der Waals surface area (Å²) in [5.74, 6) is 0.751. The average Bonchev–Trinajstić information content (AvgIpc) is 2.41. The number of thiocarbonyl (C=S) groups is 1. The van der Waals surface area contributed by atoms with Crippen molar-refractivity contribution in [3.05, 3.63) is 63.1 Å². The maximum atomic E-state index is 5.97. The first-order chi connectivity index (χ1) is 9.47. The Kier molecular flexibility index (Phi) is 4.86. The number of hydrogen-bond acceptors (Lipinski definition) is 2. The molecular formula is C15H13Cl2NOS. The second kappa shape index (κ2) is 6.44. The number of halogens is 2. The van der Waals surface area contributed by atoms with Gasteiger partial charge in [0.2, 0.25) is 0 Å². The van der Waals surface area contributed by atoms with Crippen LogP contribution in [0.1, 0.15) is 16.7 Å². The Morgan fingerprint density at radius 3 is 2.55 bits per heavy atom. The minimum absolute atomic E-state index is 0.351. The Hall–Kier alpha value is -1.29. The van der Waals surface area contributed by atoms with Crippen LogP contribution in [0.2, 0.25) is 10.0 Å². The van der Waals surface area contributed by atoms with E-state index in [1.165, 1.54) is 0 Å². The van der Waals surface area contributed by atoms with Crippen LogP contribution in [0.25, 0.3) is 0 Å². The molecule has 0 bridgehead atoms. The minimum Gasteiger partial charge on any atom is -0.489 e. The van der Waals surface area contributed by atoms with E-state index >= 15 is 0 Å². The first kappa shape index (κ1) is 15.1. The zero-order valence-electron chi connectivity index (χ0n) is 10.8. The summed E-state index contributed by atoms with van der Waals surface area (Å²) >= 11 is 16.8. The van der Waals surface area contributed by atoms with Crippen molar-refractivity contribution in [2.24, 2.45) is 5.73 Å². The van der Waals surface area contributed by atoms with Gasteiger partial charge in [0.25, 0.3) is 0 Å². The molecule has 2 aromatic rings. The van der Waals surface area contributed by atoms with Crippen LogP contribution in [0.5, 0.6) is 5.75 Å². The number of nitrogens with two attached hydrogens (primary N) is 1. The lowest BCUT2D eigenvalue weighted by molar-refractivity contribution is 0.304. The van der Waals surface area contributed by atoms with Crippen LogP contribution in [0.4, 0.5) is 0 Å². The molecule has 0 aliphatic rings. The molecule has 2 nitrogen and oxygen atoms in total. The van der Waals surface area contributed by atoms with E-state index in [-0.39, 0.29) is 0 Å². The summed E-state index contributed by atoms with van der Waals surface area (Å²) in [5, 5.41) is 1.04. The van der Waals surface area contributed by atoms with Crippen molar-refractivity contribution in [2.75, 3.05) is 0 Å². The fourth-order valence-electron chi connectivity index (χ4n) is 1.70. The molecular weight excluding hydrogens is 313 g/mol. The molecule has 0 spiro atoms. The van der Waals surface area contributed by atoms with Crippen molar-refractivity contribution in [2.45, 2.75) is 13.5 Å². The van der Waals surface area contributed by atoms with E-state index in [4.69, 9.17) is 45.9 Å². The molecule has 0 radical (unpaired) electrons. The normalized spacial score (nSPS) is 10.3. The molecule has 0 saturated heterocycles. The number of benzene rings is 2. The maximum Gasteiger partial charge on any atom is 0.123 e. The summed E-state index contributed by atoms with van der Waals surface area (Å²) < 4.78 is 5.79. The molecule has 0 unspecified atom stereocenters. The Morgan fingerprint density at radius 2 is 1.90 bits per heavy atom. The molecule has 20 heavy (non-hydrogen) atoms. The second-order valence-electron chi connectivity index (χ2n) is 4.38. The summed E-state index contributed by atoms with van der Waals surface area (Å²) in [6.07, 6.45) is 0. The van der Waals surface area contributed by atoms with E-state index in [1.54, 1.807) is 12.1 Å². The quantitative estimate of drug-likeness (QED) is 0.839. The predicted octanol–water partition coefficient (Wildman–Crippen LogP) is 4.52. The lowest BCUT2D eigenvalue weighted by Crippen LogP contribution is -2.09. The number of aryl methyl sites for hydroxylation is 1. The lowest BCUT2D eigenvalue weighted by Gasteiger charge is -2.11. The Balaban J connectivity index is 2.15. The topological polar surface area (TPSA) is 35.2 Å². The van der Waals surface area contributed by atoms with E-state index in [0.717, 1.165) is 22.4 Å². The van der Waals surface area contributed by atoms with Gasteiger partial charge < -0.3 is 10.5 Å². The van der Waals surface area contributed by atoms with Gasteiger partial charge in [0, 0.05) is 5.56 Å². The standard InChI is InChI=1S/C15H13Cl2NOS/c1-9-2-4-11(15(18)20)7-14(9)19-8-10-3-5-12(16)13(17)6-10/h2-7H,8H2,1H3,(H2,18,20). The number of ether oxygens (including phenoxy) is 1. The second-order valence-corrected chi connectivity index (χ2v) is 5.64. The van der Waals surface area contributed by atoms with Crippen LogP contribution >= 0.6 is 35.4 Å². The van der Waals surface area contributed by atoms with Gasteiger partial charge in [-0.15, -0.1) is 0 Å². The summed E-state index contributed by atoms with van der Waals surface area (Å²) in [6, 6.07) is 11.1. The highest BCUT2D eigenvalue weighted by atomic mass is 35.5. The van der Waals surface area contributed by atoms with Crippen LogP contribution in [0.3, 0.4) is 0 Å². The maximum absolute atomic E-state index is 5.97. The molecule has 0 amide bonds. The van der Waals surface area contributed by atoms with Crippen LogP contribution in [0.15, 0.2) is 36.4 Å². The third-order valence-electron chi connectivity index (χ3n) is 2.85. The third-order valence-corrected chi connectivity index (χ3v) is 3.83. The average molecular weight is 326 g/mol. The Labute approximate surface area is 133 Å². The monoisotopic (exact) mass is 325 g/mol. The summed E-state index contributed by atoms with van der Waals surface area (Å²) in [7, 11) is 0. The van der Waals surface area contributed by atoms with Crippen molar-refractivity contribution in [1.82, 2.24) is 0 Å². The van der Waals surface area contributed by atoms with E-state index in [1.807, 2.05) is 31.2 Å². The van der Waals surface area contributed by atoms with Crippen LogP contribution < -0.4 is 10.5 Å². The summed E-state index contributed by atoms with van der Waals surface area (Å²) in [6.45, 7) is 2.37. The molecule has 2 N–H and O–H groups in total. The smallest absolute Gasteiger partial charge is 0.123 e.